The number of carbonyl (C=O) groups excluding carboxylic acids is 2. The van der Waals surface area contributed by atoms with E-state index in [1.807, 2.05) is 51.9 Å². The van der Waals surface area contributed by atoms with Crippen LogP contribution in [0, 0.1) is 0 Å². The second-order valence-corrected chi connectivity index (χ2v) is 7.42. The molecular formula is C23H26N4O3. The third kappa shape index (κ3) is 4.79. The fourth-order valence-electron chi connectivity index (χ4n) is 3.71. The summed E-state index contributed by atoms with van der Waals surface area (Å²) in [6.07, 6.45) is 3.29. The standard InChI is InChI=1S/C23H26N4O3/c28-22(17-30-18-9-3-1-4-10-18)24-15-21-25-19-11-5-6-12-20(19)27(21)16-23(29)26-13-7-2-8-14-26/h1,3-6,9-12H,2,7-8,13-17H2,(H,24,28). The highest BCUT2D eigenvalue weighted by Crippen LogP contribution is 2.17. The van der Waals surface area contributed by atoms with Crippen LogP contribution in [-0.2, 0) is 22.7 Å². The lowest BCUT2D eigenvalue weighted by Gasteiger charge is -2.27. The topological polar surface area (TPSA) is 76.5 Å². The second kappa shape index (κ2) is 9.43. The molecule has 2 amide bonds. The quantitative estimate of drug-likeness (QED) is 0.655. The number of ether oxygens (including phenoxy) is 1. The van der Waals surface area contributed by atoms with Crippen molar-refractivity contribution < 1.29 is 14.3 Å². The molecule has 1 saturated heterocycles. The van der Waals surface area contributed by atoms with Gasteiger partial charge in [-0.25, -0.2) is 4.98 Å². The molecule has 0 spiro atoms. The molecule has 0 aliphatic carbocycles. The number of imidazole rings is 1. The maximum absolute atomic E-state index is 12.8. The summed E-state index contributed by atoms with van der Waals surface area (Å²) in [5.41, 5.74) is 1.71. The first kappa shape index (κ1) is 19.9. The molecule has 0 unspecified atom stereocenters. The van der Waals surface area contributed by atoms with Gasteiger partial charge in [-0.1, -0.05) is 30.3 Å². The Hall–Kier alpha value is -3.35. The van der Waals surface area contributed by atoms with Gasteiger partial charge in [0.15, 0.2) is 6.61 Å². The molecule has 0 bridgehead atoms. The molecule has 0 radical (unpaired) electrons. The van der Waals surface area contributed by atoms with Crippen LogP contribution < -0.4 is 10.1 Å². The van der Waals surface area contributed by atoms with E-state index < -0.39 is 0 Å². The Balaban J connectivity index is 1.43. The number of hydrogen-bond acceptors (Lipinski definition) is 4. The number of piperidine rings is 1. The third-order valence-electron chi connectivity index (χ3n) is 5.29. The minimum absolute atomic E-state index is 0.0725. The molecule has 0 saturated carbocycles. The van der Waals surface area contributed by atoms with Crippen molar-refractivity contribution in [3.05, 3.63) is 60.4 Å². The van der Waals surface area contributed by atoms with Gasteiger partial charge in [0.05, 0.1) is 17.6 Å². The first-order valence-corrected chi connectivity index (χ1v) is 10.4. The Labute approximate surface area is 175 Å². The lowest BCUT2D eigenvalue weighted by molar-refractivity contribution is -0.132. The number of hydrogen-bond donors (Lipinski definition) is 1. The van der Waals surface area contributed by atoms with Crippen molar-refractivity contribution in [2.75, 3.05) is 19.7 Å². The zero-order chi connectivity index (χ0) is 20.8. The van der Waals surface area contributed by atoms with E-state index >= 15 is 0 Å². The van der Waals surface area contributed by atoms with Crippen LogP contribution >= 0.6 is 0 Å². The number of carbonyl (C=O) groups is 2. The van der Waals surface area contributed by atoms with Crippen LogP contribution in [0.5, 0.6) is 5.75 Å². The van der Waals surface area contributed by atoms with Crippen molar-refractivity contribution >= 4 is 22.8 Å². The molecule has 0 atom stereocenters. The highest BCUT2D eigenvalue weighted by atomic mass is 16.5. The number of nitrogens with one attached hydrogen (secondary N) is 1. The van der Waals surface area contributed by atoms with E-state index in [2.05, 4.69) is 10.3 Å². The zero-order valence-corrected chi connectivity index (χ0v) is 16.9. The number of rotatable bonds is 7. The van der Waals surface area contributed by atoms with E-state index in [0.29, 0.717) is 11.6 Å². The van der Waals surface area contributed by atoms with Gasteiger partial charge in [0, 0.05) is 13.1 Å². The first-order valence-electron chi connectivity index (χ1n) is 10.4. The summed E-state index contributed by atoms with van der Waals surface area (Å²) in [4.78, 5) is 31.6. The molecule has 4 rings (SSSR count). The van der Waals surface area contributed by atoms with Gasteiger partial charge in [-0.05, 0) is 43.5 Å². The fourth-order valence-corrected chi connectivity index (χ4v) is 3.71. The average Bonchev–Trinajstić information content (AvgIpc) is 3.15. The molecule has 3 aromatic rings. The molecule has 1 N–H and O–H groups in total. The highest BCUT2D eigenvalue weighted by molar-refractivity contribution is 5.81. The van der Waals surface area contributed by atoms with E-state index in [1.54, 1.807) is 12.1 Å². The van der Waals surface area contributed by atoms with Crippen LogP contribution in [0.15, 0.2) is 54.6 Å². The van der Waals surface area contributed by atoms with Gasteiger partial charge in [-0.15, -0.1) is 0 Å². The summed E-state index contributed by atoms with van der Waals surface area (Å²) in [5, 5.41) is 2.85. The summed E-state index contributed by atoms with van der Waals surface area (Å²) >= 11 is 0. The number of aromatic nitrogens is 2. The van der Waals surface area contributed by atoms with Crippen molar-refractivity contribution in [2.24, 2.45) is 0 Å². The second-order valence-electron chi connectivity index (χ2n) is 7.42. The van der Waals surface area contributed by atoms with Crippen LogP contribution in [0.25, 0.3) is 11.0 Å². The Morgan fingerprint density at radius 1 is 0.967 bits per heavy atom. The smallest absolute Gasteiger partial charge is 0.258 e. The van der Waals surface area contributed by atoms with Gasteiger partial charge in [0.2, 0.25) is 5.91 Å². The van der Waals surface area contributed by atoms with E-state index in [1.165, 1.54) is 6.42 Å². The molecule has 30 heavy (non-hydrogen) atoms. The number of nitrogens with zero attached hydrogens (tertiary/aromatic N) is 3. The Morgan fingerprint density at radius 3 is 2.50 bits per heavy atom. The maximum atomic E-state index is 12.8. The third-order valence-corrected chi connectivity index (χ3v) is 5.29. The Bertz CT molecular complexity index is 1010. The Morgan fingerprint density at radius 2 is 1.70 bits per heavy atom. The van der Waals surface area contributed by atoms with E-state index in [-0.39, 0.29) is 31.5 Å². The first-order chi connectivity index (χ1) is 14.7. The van der Waals surface area contributed by atoms with E-state index in [9.17, 15) is 9.59 Å². The van der Waals surface area contributed by atoms with Crippen molar-refractivity contribution in [1.82, 2.24) is 19.8 Å². The van der Waals surface area contributed by atoms with Crippen LogP contribution in [0.3, 0.4) is 0 Å². The largest absolute Gasteiger partial charge is 0.484 e. The summed E-state index contributed by atoms with van der Waals surface area (Å²) < 4.78 is 7.40. The van der Waals surface area contributed by atoms with Crippen LogP contribution in [0.1, 0.15) is 25.1 Å². The molecule has 1 fully saturated rings. The molecule has 7 nitrogen and oxygen atoms in total. The molecule has 2 heterocycles. The number of fused-ring (bicyclic) bond motifs is 1. The predicted molar refractivity (Wildman–Crippen MR) is 114 cm³/mol. The zero-order valence-electron chi connectivity index (χ0n) is 16.9. The van der Waals surface area contributed by atoms with Crippen LogP contribution in [0.2, 0.25) is 0 Å². The highest BCUT2D eigenvalue weighted by Gasteiger charge is 2.20. The molecule has 1 aliphatic rings. The van der Waals surface area contributed by atoms with Gasteiger partial charge < -0.3 is 19.5 Å². The molecule has 2 aromatic carbocycles. The van der Waals surface area contributed by atoms with Gasteiger partial charge >= 0.3 is 0 Å². The number of para-hydroxylation sites is 3. The average molecular weight is 406 g/mol. The molecule has 1 aromatic heterocycles. The van der Waals surface area contributed by atoms with Crippen molar-refractivity contribution in [2.45, 2.75) is 32.4 Å². The summed E-state index contributed by atoms with van der Waals surface area (Å²) in [7, 11) is 0. The van der Waals surface area contributed by atoms with Crippen molar-refractivity contribution in [3.8, 4) is 5.75 Å². The van der Waals surface area contributed by atoms with E-state index in [0.717, 1.165) is 37.0 Å². The number of benzene rings is 2. The van der Waals surface area contributed by atoms with E-state index in [4.69, 9.17) is 4.74 Å². The molecule has 1 aliphatic heterocycles. The van der Waals surface area contributed by atoms with Gasteiger partial charge in [-0.2, -0.15) is 0 Å². The van der Waals surface area contributed by atoms with Crippen LogP contribution in [-0.4, -0.2) is 46.0 Å². The summed E-state index contributed by atoms with van der Waals surface area (Å²) in [5.74, 6) is 1.17. The Kier molecular flexibility index (Phi) is 6.27. The van der Waals surface area contributed by atoms with Crippen molar-refractivity contribution in [3.63, 3.8) is 0 Å². The predicted octanol–water partition coefficient (Wildman–Crippen LogP) is 2.74. The lowest BCUT2D eigenvalue weighted by Crippen LogP contribution is -2.38. The number of amides is 2. The fraction of sp³-hybridized carbons (Fsp3) is 0.348. The summed E-state index contributed by atoms with van der Waals surface area (Å²) in [6.45, 7) is 2.02. The number of likely N-dealkylation sites (tertiary alicyclic amines) is 1. The minimum Gasteiger partial charge on any atom is -0.484 e. The van der Waals surface area contributed by atoms with Gasteiger partial charge in [0.25, 0.3) is 5.91 Å². The normalized spacial score (nSPS) is 13.9. The van der Waals surface area contributed by atoms with Gasteiger partial charge in [-0.3, -0.25) is 9.59 Å². The SMILES string of the molecule is O=C(COc1ccccc1)NCc1nc2ccccc2n1CC(=O)N1CCCCC1. The minimum atomic E-state index is -0.236. The summed E-state index contributed by atoms with van der Waals surface area (Å²) in [6, 6.07) is 16.9. The maximum Gasteiger partial charge on any atom is 0.258 e. The van der Waals surface area contributed by atoms with Gasteiger partial charge in [0.1, 0.15) is 18.1 Å². The van der Waals surface area contributed by atoms with Crippen LogP contribution in [0.4, 0.5) is 0 Å². The molecule has 156 valence electrons. The molecule has 7 heteroatoms. The lowest BCUT2D eigenvalue weighted by atomic mass is 10.1. The monoisotopic (exact) mass is 406 g/mol. The molecular weight excluding hydrogens is 380 g/mol. The van der Waals surface area contributed by atoms with Crippen molar-refractivity contribution in [1.29, 1.82) is 0 Å².